The normalized spacial score (nSPS) is 28.3. The van der Waals surface area contributed by atoms with Gasteiger partial charge in [-0.25, -0.2) is 0 Å². The topological polar surface area (TPSA) is 78.9 Å². The van der Waals surface area contributed by atoms with Crippen LogP contribution in [0.3, 0.4) is 0 Å². The standard InChI is InChI=1S/C15H26N2O4/c1-16-15(6-4-3-5-7-15)8-13(18)17(2)12-10-21-9-11(12)14(19)20/h11-12,16H,3-10H2,1-2H3,(H,19,20). The Kier molecular flexibility index (Phi) is 5.22. The zero-order valence-corrected chi connectivity index (χ0v) is 12.9. The van der Waals surface area contributed by atoms with Crippen LogP contribution in [-0.2, 0) is 14.3 Å². The van der Waals surface area contributed by atoms with E-state index < -0.39 is 11.9 Å². The highest BCUT2D eigenvalue weighted by Gasteiger charge is 2.40. The van der Waals surface area contributed by atoms with Crippen LogP contribution in [0.5, 0.6) is 0 Å². The second-order valence-electron chi connectivity index (χ2n) is 6.32. The molecule has 0 spiro atoms. The van der Waals surface area contributed by atoms with Gasteiger partial charge in [0.05, 0.1) is 19.3 Å². The van der Waals surface area contributed by atoms with E-state index in [1.165, 1.54) is 6.42 Å². The lowest BCUT2D eigenvalue weighted by Gasteiger charge is -2.38. The minimum Gasteiger partial charge on any atom is -0.481 e. The second-order valence-corrected chi connectivity index (χ2v) is 6.32. The highest BCUT2D eigenvalue weighted by Crippen LogP contribution is 2.32. The summed E-state index contributed by atoms with van der Waals surface area (Å²) in [5.41, 5.74) is -0.123. The van der Waals surface area contributed by atoms with Crippen molar-refractivity contribution in [1.29, 1.82) is 0 Å². The SMILES string of the molecule is CNC1(CC(=O)N(C)C2COCC2C(=O)O)CCCCC1. The Morgan fingerprint density at radius 1 is 1.29 bits per heavy atom. The van der Waals surface area contributed by atoms with E-state index in [0.717, 1.165) is 25.7 Å². The molecule has 6 nitrogen and oxygen atoms in total. The summed E-state index contributed by atoms with van der Waals surface area (Å²) in [5.74, 6) is -1.50. The summed E-state index contributed by atoms with van der Waals surface area (Å²) in [5, 5.41) is 12.5. The Hall–Kier alpha value is -1.14. The number of carbonyl (C=O) groups is 2. The van der Waals surface area contributed by atoms with E-state index >= 15 is 0 Å². The number of carboxylic acids is 1. The molecule has 0 aromatic heterocycles. The summed E-state index contributed by atoms with van der Waals surface area (Å²) in [4.78, 5) is 25.4. The third-order valence-corrected chi connectivity index (χ3v) is 5.09. The van der Waals surface area contributed by atoms with Gasteiger partial charge in [0.25, 0.3) is 0 Å². The van der Waals surface area contributed by atoms with Crippen LogP contribution in [0.4, 0.5) is 0 Å². The second kappa shape index (κ2) is 6.75. The first kappa shape index (κ1) is 16.2. The van der Waals surface area contributed by atoms with Crippen LogP contribution in [0.1, 0.15) is 38.5 Å². The fraction of sp³-hybridized carbons (Fsp3) is 0.867. The van der Waals surface area contributed by atoms with Gasteiger partial charge in [0, 0.05) is 19.0 Å². The van der Waals surface area contributed by atoms with E-state index in [2.05, 4.69) is 5.32 Å². The van der Waals surface area contributed by atoms with Gasteiger partial charge in [0.15, 0.2) is 0 Å². The lowest BCUT2D eigenvalue weighted by atomic mass is 9.79. The van der Waals surface area contributed by atoms with E-state index in [-0.39, 0.29) is 24.1 Å². The molecule has 0 radical (unpaired) electrons. The average Bonchev–Trinajstić information content (AvgIpc) is 2.97. The number of nitrogens with zero attached hydrogens (tertiary/aromatic N) is 1. The maximum absolute atomic E-state index is 12.6. The zero-order valence-electron chi connectivity index (χ0n) is 12.9. The molecule has 120 valence electrons. The van der Waals surface area contributed by atoms with Gasteiger partial charge in [-0.2, -0.15) is 0 Å². The molecule has 2 atom stereocenters. The van der Waals surface area contributed by atoms with Crippen LogP contribution in [0.15, 0.2) is 0 Å². The van der Waals surface area contributed by atoms with Gasteiger partial charge in [-0.05, 0) is 19.9 Å². The van der Waals surface area contributed by atoms with Crippen LogP contribution in [0.2, 0.25) is 0 Å². The first-order valence-corrected chi connectivity index (χ1v) is 7.74. The van der Waals surface area contributed by atoms with Crippen molar-refractivity contribution in [3.05, 3.63) is 0 Å². The van der Waals surface area contributed by atoms with Crippen molar-refractivity contribution < 1.29 is 19.4 Å². The monoisotopic (exact) mass is 298 g/mol. The third-order valence-electron chi connectivity index (χ3n) is 5.09. The smallest absolute Gasteiger partial charge is 0.311 e. The number of rotatable bonds is 5. The third kappa shape index (κ3) is 3.55. The first-order valence-electron chi connectivity index (χ1n) is 7.74. The van der Waals surface area contributed by atoms with Crippen molar-refractivity contribution >= 4 is 11.9 Å². The molecule has 1 saturated carbocycles. The summed E-state index contributed by atoms with van der Waals surface area (Å²) >= 11 is 0. The number of amides is 1. The highest BCUT2D eigenvalue weighted by molar-refractivity contribution is 5.79. The fourth-order valence-electron chi connectivity index (χ4n) is 3.50. The van der Waals surface area contributed by atoms with Gasteiger partial charge in [-0.15, -0.1) is 0 Å². The molecule has 1 aliphatic carbocycles. The summed E-state index contributed by atoms with van der Waals surface area (Å²) in [6.45, 7) is 0.501. The van der Waals surface area contributed by atoms with Crippen LogP contribution in [-0.4, -0.2) is 60.8 Å². The Labute approximate surface area is 125 Å². The maximum atomic E-state index is 12.6. The predicted molar refractivity (Wildman–Crippen MR) is 78.0 cm³/mol. The molecule has 1 heterocycles. The van der Waals surface area contributed by atoms with E-state index in [0.29, 0.717) is 13.0 Å². The molecule has 2 rings (SSSR count). The van der Waals surface area contributed by atoms with Crippen LogP contribution in [0, 0.1) is 5.92 Å². The van der Waals surface area contributed by atoms with Crippen molar-refractivity contribution in [2.24, 2.45) is 5.92 Å². The van der Waals surface area contributed by atoms with Crippen molar-refractivity contribution in [3.63, 3.8) is 0 Å². The molecule has 6 heteroatoms. The van der Waals surface area contributed by atoms with Crippen LogP contribution in [0.25, 0.3) is 0 Å². The largest absolute Gasteiger partial charge is 0.481 e. The average molecular weight is 298 g/mol. The Balaban J connectivity index is 2.00. The molecule has 2 fully saturated rings. The summed E-state index contributed by atoms with van der Waals surface area (Å²) < 4.78 is 5.25. The van der Waals surface area contributed by atoms with Gasteiger partial charge in [-0.1, -0.05) is 19.3 Å². The van der Waals surface area contributed by atoms with Crippen LogP contribution < -0.4 is 5.32 Å². The van der Waals surface area contributed by atoms with E-state index in [1.54, 1.807) is 11.9 Å². The van der Waals surface area contributed by atoms with Gasteiger partial charge in [0.1, 0.15) is 5.92 Å². The molecule has 1 saturated heterocycles. The number of hydrogen-bond donors (Lipinski definition) is 2. The Bertz CT molecular complexity index is 393. The Morgan fingerprint density at radius 2 is 1.95 bits per heavy atom. The zero-order chi connectivity index (χ0) is 15.5. The fourth-order valence-corrected chi connectivity index (χ4v) is 3.50. The highest BCUT2D eigenvalue weighted by atomic mass is 16.5. The lowest BCUT2D eigenvalue weighted by Crippen LogP contribution is -2.51. The van der Waals surface area contributed by atoms with Crippen molar-refractivity contribution in [1.82, 2.24) is 10.2 Å². The van der Waals surface area contributed by atoms with Gasteiger partial charge in [0.2, 0.25) is 5.91 Å². The number of nitrogens with one attached hydrogen (secondary N) is 1. The van der Waals surface area contributed by atoms with E-state index in [9.17, 15) is 14.7 Å². The maximum Gasteiger partial charge on any atom is 0.311 e. The molecular formula is C15H26N2O4. The molecule has 1 aliphatic heterocycles. The summed E-state index contributed by atoms with van der Waals surface area (Å²) in [6.07, 6.45) is 5.96. The van der Waals surface area contributed by atoms with Gasteiger partial charge >= 0.3 is 5.97 Å². The van der Waals surface area contributed by atoms with Crippen molar-refractivity contribution in [2.45, 2.75) is 50.1 Å². The summed E-state index contributed by atoms with van der Waals surface area (Å²) in [7, 11) is 3.61. The van der Waals surface area contributed by atoms with E-state index in [1.807, 2.05) is 7.05 Å². The van der Waals surface area contributed by atoms with Crippen molar-refractivity contribution in [3.8, 4) is 0 Å². The number of carbonyl (C=O) groups excluding carboxylic acids is 1. The number of likely N-dealkylation sites (N-methyl/N-ethyl adjacent to an activating group) is 1. The van der Waals surface area contributed by atoms with Crippen LogP contribution >= 0.6 is 0 Å². The van der Waals surface area contributed by atoms with Crippen molar-refractivity contribution in [2.75, 3.05) is 27.3 Å². The predicted octanol–water partition coefficient (Wildman–Crippen LogP) is 0.857. The number of carboxylic acid groups (broad SMARTS) is 1. The molecule has 0 aromatic rings. The number of ether oxygens (including phenoxy) is 1. The number of aliphatic carboxylic acids is 1. The quantitative estimate of drug-likeness (QED) is 0.787. The first-order chi connectivity index (χ1) is 9.99. The van der Waals surface area contributed by atoms with Gasteiger partial charge < -0.3 is 20.1 Å². The molecular weight excluding hydrogens is 272 g/mol. The molecule has 1 amide bonds. The summed E-state index contributed by atoms with van der Waals surface area (Å²) in [6, 6.07) is -0.354. The molecule has 21 heavy (non-hydrogen) atoms. The molecule has 0 bridgehead atoms. The molecule has 0 aromatic carbocycles. The van der Waals surface area contributed by atoms with Gasteiger partial charge in [-0.3, -0.25) is 9.59 Å². The Morgan fingerprint density at radius 3 is 2.52 bits per heavy atom. The molecule has 2 unspecified atom stereocenters. The molecule has 2 N–H and O–H groups in total. The van der Waals surface area contributed by atoms with E-state index in [4.69, 9.17) is 4.74 Å². The molecule has 2 aliphatic rings. The lowest BCUT2D eigenvalue weighted by molar-refractivity contribution is -0.144. The number of hydrogen-bond acceptors (Lipinski definition) is 4. The minimum absolute atomic E-state index is 0.00741. The minimum atomic E-state index is -0.891.